The highest BCUT2D eigenvalue weighted by Gasteiger charge is 2.12. The van der Waals surface area contributed by atoms with Gasteiger partial charge in [0.15, 0.2) is 0 Å². The molecule has 0 aromatic heterocycles. The Balaban J connectivity index is 2.16. The summed E-state index contributed by atoms with van der Waals surface area (Å²) in [6.07, 6.45) is 0.369. The number of hydrogen-bond donors (Lipinski definition) is 2. The van der Waals surface area contributed by atoms with Gasteiger partial charge in [0.2, 0.25) is 11.8 Å². The van der Waals surface area contributed by atoms with Gasteiger partial charge in [-0.1, -0.05) is 31.2 Å². The van der Waals surface area contributed by atoms with Crippen LogP contribution in [0.1, 0.15) is 36.2 Å². The summed E-state index contributed by atoms with van der Waals surface area (Å²) >= 11 is 0. The summed E-state index contributed by atoms with van der Waals surface area (Å²) in [6, 6.07) is 14.1. The maximum atomic E-state index is 12.6. The summed E-state index contributed by atoms with van der Waals surface area (Å²) in [5.41, 5.74) is 2.50. The van der Waals surface area contributed by atoms with Gasteiger partial charge in [-0.15, -0.1) is 0 Å². The van der Waals surface area contributed by atoms with Crippen molar-refractivity contribution in [2.45, 2.75) is 26.8 Å². The molecule has 0 radical (unpaired) electrons. The maximum Gasteiger partial charge on any atom is 0.255 e. The number of hydrogen-bond acceptors (Lipinski definition) is 3. The van der Waals surface area contributed by atoms with Gasteiger partial charge in [0.05, 0.1) is 0 Å². The average molecular weight is 353 g/mol. The van der Waals surface area contributed by atoms with E-state index in [1.54, 1.807) is 49.2 Å². The van der Waals surface area contributed by atoms with Gasteiger partial charge in [0.1, 0.15) is 0 Å². The van der Waals surface area contributed by atoms with Crippen molar-refractivity contribution in [2.75, 3.05) is 17.7 Å². The normalized spacial score (nSPS) is 10.1. The van der Waals surface area contributed by atoms with E-state index in [-0.39, 0.29) is 17.7 Å². The van der Waals surface area contributed by atoms with Gasteiger partial charge in [-0.25, -0.2) is 0 Å². The number of carbonyl (C=O) groups is 3. The Morgan fingerprint density at radius 3 is 2.42 bits per heavy atom. The van der Waals surface area contributed by atoms with Crippen LogP contribution in [0.25, 0.3) is 0 Å². The Bertz CT molecular complexity index is 817. The van der Waals surface area contributed by atoms with Crippen LogP contribution in [0.3, 0.4) is 0 Å². The fourth-order valence-corrected chi connectivity index (χ4v) is 2.33. The Kier molecular flexibility index (Phi) is 6.49. The van der Waals surface area contributed by atoms with E-state index in [0.29, 0.717) is 29.9 Å². The van der Waals surface area contributed by atoms with Crippen molar-refractivity contribution in [1.82, 2.24) is 4.90 Å². The highest BCUT2D eigenvalue weighted by Crippen LogP contribution is 2.19. The van der Waals surface area contributed by atoms with Gasteiger partial charge in [-0.3, -0.25) is 14.4 Å². The van der Waals surface area contributed by atoms with E-state index in [4.69, 9.17) is 0 Å². The second-order valence-electron chi connectivity index (χ2n) is 5.97. The Labute approximate surface area is 153 Å². The monoisotopic (exact) mass is 353 g/mol. The topological polar surface area (TPSA) is 78.5 Å². The van der Waals surface area contributed by atoms with Crippen LogP contribution in [0.5, 0.6) is 0 Å². The molecule has 0 heterocycles. The molecule has 2 aromatic rings. The van der Waals surface area contributed by atoms with Crippen LogP contribution in [-0.4, -0.2) is 29.7 Å². The van der Waals surface area contributed by atoms with E-state index in [2.05, 4.69) is 10.6 Å². The first-order valence-electron chi connectivity index (χ1n) is 8.41. The van der Waals surface area contributed by atoms with Crippen molar-refractivity contribution in [2.24, 2.45) is 0 Å². The van der Waals surface area contributed by atoms with Gasteiger partial charge in [0, 0.05) is 43.9 Å². The summed E-state index contributed by atoms with van der Waals surface area (Å²) in [5.74, 6) is -0.443. The van der Waals surface area contributed by atoms with Crippen molar-refractivity contribution in [3.8, 4) is 0 Å². The lowest BCUT2D eigenvalue weighted by molar-refractivity contribution is -0.128. The molecule has 136 valence electrons. The lowest BCUT2D eigenvalue weighted by Gasteiger charge is -2.18. The second kappa shape index (κ2) is 8.80. The molecule has 0 unspecified atom stereocenters. The number of anilines is 2. The predicted molar refractivity (Wildman–Crippen MR) is 102 cm³/mol. The molecule has 2 aromatic carbocycles. The van der Waals surface area contributed by atoms with Crippen LogP contribution in [0.4, 0.5) is 11.4 Å². The third kappa shape index (κ3) is 5.17. The van der Waals surface area contributed by atoms with Crippen LogP contribution in [0.2, 0.25) is 0 Å². The molecular weight excluding hydrogens is 330 g/mol. The smallest absolute Gasteiger partial charge is 0.255 e. The number of nitrogens with zero attached hydrogens (tertiary/aromatic N) is 1. The SMILES string of the molecule is CCC(=O)Nc1cccc(C(=O)Nc2ccccc2CN(C)C(C)=O)c1. The van der Waals surface area contributed by atoms with Crippen molar-refractivity contribution < 1.29 is 14.4 Å². The maximum absolute atomic E-state index is 12.6. The van der Waals surface area contributed by atoms with E-state index < -0.39 is 0 Å². The molecule has 0 spiro atoms. The minimum absolute atomic E-state index is 0.0505. The van der Waals surface area contributed by atoms with Crippen LogP contribution < -0.4 is 10.6 Å². The highest BCUT2D eigenvalue weighted by atomic mass is 16.2. The number of para-hydroxylation sites is 1. The number of benzene rings is 2. The number of nitrogens with one attached hydrogen (secondary N) is 2. The van der Waals surface area contributed by atoms with Crippen LogP contribution >= 0.6 is 0 Å². The fourth-order valence-electron chi connectivity index (χ4n) is 2.33. The van der Waals surface area contributed by atoms with Gasteiger partial charge >= 0.3 is 0 Å². The number of rotatable bonds is 6. The average Bonchev–Trinajstić information content (AvgIpc) is 2.63. The van der Waals surface area contributed by atoms with Crippen LogP contribution in [0, 0.1) is 0 Å². The number of carbonyl (C=O) groups excluding carboxylic acids is 3. The number of amides is 3. The Morgan fingerprint density at radius 2 is 1.73 bits per heavy atom. The molecule has 0 saturated heterocycles. The zero-order valence-corrected chi connectivity index (χ0v) is 15.2. The minimum Gasteiger partial charge on any atom is -0.342 e. The predicted octanol–water partition coefficient (Wildman–Crippen LogP) is 3.27. The van der Waals surface area contributed by atoms with Crippen LogP contribution in [0.15, 0.2) is 48.5 Å². The lowest BCUT2D eigenvalue weighted by Crippen LogP contribution is -2.24. The van der Waals surface area contributed by atoms with Gasteiger partial charge in [0.25, 0.3) is 5.91 Å². The van der Waals surface area contributed by atoms with Gasteiger partial charge in [-0.05, 0) is 29.8 Å². The standard InChI is InChI=1S/C20H23N3O3/c1-4-19(25)21-17-10-7-9-15(12-17)20(26)22-18-11-6-5-8-16(18)13-23(3)14(2)24/h5-12H,4,13H2,1-3H3,(H,21,25)(H,22,26). The molecule has 3 amide bonds. The molecule has 0 saturated carbocycles. The Hall–Kier alpha value is -3.15. The molecule has 2 rings (SSSR count). The van der Waals surface area contributed by atoms with E-state index in [1.807, 2.05) is 18.2 Å². The molecule has 2 N–H and O–H groups in total. The molecule has 0 fully saturated rings. The third-order valence-electron chi connectivity index (χ3n) is 3.94. The molecule has 0 aliphatic carbocycles. The van der Waals surface area contributed by atoms with Crippen molar-refractivity contribution in [3.63, 3.8) is 0 Å². The lowest BCUT2D eigenvalue weighted by atomic mass is 10.1. The van der Waals surface area contributed by atoms with E-state index in [0.717, 1.165) is 5.56 Å². The molecule has 6 nitrogen and oxygen atoms in total. The second-order valence-corrected chi connectivity index (χ2v) is 5.97. The van der Waals surface area contributed by atoms with Crippen molar-refractivity contribution >= 4 is 29.1 Å². The summed E-state index contributed by atoms with van der Waals surface area (Å²) in [4.78, 5) is 37.1. The molecule has 0 bridgehead atoms. The molecule has 0 atom stereocenters. The zero-order valence-electron chi connectivity index (χ0n) is 15.2. The molecular formula is C20H23N3O3. The highest BCUT2D eigenvalue weighted by molar-refractivity contribution is 6.05. The van der Waals surface area contributed by atoms with E-state index in [1.165, 1.54) is 6.92 Å². The first-order chi connectivity index (χ1) is 12.4. The summed E-state index contributed by atoms with van der Waals surface area (Å²) in [6.45, 7) is 3.66. The quantitative estimate of drug-likeness (QED) is 0.837. The van der Waals surface area contributed by atoms with E-state index in [9.17, 15) is 14.4 Å². The van der Waals surface area contributed by atoms with Crippen LogP contribution in [-0.2, 0) is 16.1 Å². The third-order valence-corrected chi connectivity index (χ3v) is 3.94. The molecule has 0 aliphatic heterocycles. The molecule has 6 heteroatoms. The van der Waals surface area contributed by atoms with Gasteiger partial charge < -0.3 is 15.5 Å². The van der Waals surface area contributed by atoms with E-state index >= 15 is 0 Å². The van der Waals surface area contributed by atoms with Crippen molar-refractivity contribution in [3.05, 3.63) is 59.7 Å². The summed E-state index contributed by atoms with van der Waals surface area (Å²) in [5, 5.41) is 5.61. The first-order valence-corrected chi connectivity index (χ1v) is 8.41. The first kappa shape index (κ1) is 19.2. The fraction of sp³-hybridized carbons (Fsp3) is 0.250. The van der Waals surface area contributed by atoms with Gasteiger partial charge in [-0.2, -0.15) is 0 Å². The summed E-state index contributed by atoms with van der Waals surface area (Å²) < 4.78 is 0. The molecule has 0 aliphatic rings. The Morgan fingerprint density at radius 1 is 1.00 bits per heavy atom. The minimum atomic E-state index is -0.282. The largest absolute Gasteiger partial charge is 0.342 e. The zero-order chi connectivity index (χ0) is 19.1. The summed E-state index contributed by atoms with van der Waals surface area (Å²) in [7, 11) is 1.71. The molecule has 26 heavy (non-hydrogen) atoms. The van der Waals surface area contributed by atoms with Crippen molar-refractivity contribution in [1.29, 1.82) is 0 Å².